The van der Waals surface area contributed by atoms with Gasteiger partial charge in [-0.2, -0.15) is 0 Å². The Balaban J connectivity index is 1.89. The highest BCUT2D eigenvalue weighted by Crippen LogP contribution is 2.25. The maximum absolute atomic E-state index is 12.8. The number of benzene rings is 3. The molecule has 29 heavy (non-hydrogen) atoms. The van der Waals surface area contributed by atoms with Crippen molar-refractivity contribution in [1.82, 2.24) is 10.6 Å². The first-order valence-electron chi connectivity index (χ1n) is 8.41. The molecule has 0 radical (unpaired) electrons. The van der Waals surface area contributed by atoms with Crippen molar-refractivity contribution in [2.45, 2.75) is 6.17 Å². The predicted octanol–water partition coefficient (Wildman–Crippen LogP) is 6.38. The summed E-state index contributed by atoms with van der Waals surface area (Å²) in [7, 11) is 0. The van der Waals surface area contributed by atoms with Crippen molar-refractivity contribution in [2.75, 3.05) is 0 Å². The van der Waals surface area contributed by atoms with Crippen molar-refractivity contribution < 1.29 is 9.59 Å². The average molecular weight is 557 g/mol. The van der Waals surface area contributed by atoms with Crippen molar-refractivity contribution in [3.8, 4) is 0 Å². The molecular weight excluding hydrogens is 543 g/mol. The van der Waals surface area contributed by atoms with Crippen LogP contribution in [-0.2, 0) is 0 Å². The number of carbonyl (C=O) groups is 2. The summed E-state index contributed by atoms with van der Waals surface area (Å²) < 4.78 is 1.55. The Hall–Kier alpha value is -1.86. The molecule has 0 bridgehead atoms. The van der Waals surface area contributed by atoms with E-state index in [2.05, 4.69) is 42.5 Å². The van der Waals surface area contributed by atoms with Crippen molar-refractivity contribution in [3.05, 3.63) is 102 Å². The summed E-state index contributed by atoms with van der Waals surface area (Å²) in [4.78, 5) is 25.5. The fraction of sp³-hybridized carbons (Fsp3) is 0.0476. The van der Waals surface area contributed by atoms with Crippen molar-refractivity contribution in [1.29, 1.82) is 0 Å². The second-order valence-corrected chi connectivity index (χ2v) is 8.72. The van der Waals surface area contributed by atoms with Crippen molar-refractivity contribution in [2.24, 2.45) is 0 Å². The fourth-order valence-corrected chi connectivity index (χ4v) is 3.69. The molecule has 0 spiro atoms. The van der Waals surface area contributed by atoms with Crippen LogP contribution in [0.25, 0.3) is 0 Å². The van der Waals surface area contributed by atoms with Gasteiger partial charge in [0.25, 0.3) is 11.8 Å². The number of nitrogens with one attached hydrogen (secondary N) is 2. The highest BCUT2D eigenvalue weighted by Gasteiger charge is 2.20. The van der Waals surface area contributed by atoms with Crippen LogP contribution in [-0.4, -0.2) is 11.8 Å². The summed E-state index contributed by atoms with van der Waals surface area (Å²) in [5.41, 5.74) is 1.48. The Labute approximate surface area is 194 Å². The minimum absolute atomic E-state index is 0.322. The van der Waals surface area contributed by atoms with E-state index >= 15 is 0 Å². The SMILES string of the molecule is O=C(NC(NC(=O)c1cccc(Br)c1)c1ccc(Cl)c(Cl)c1)c1cccc(Br)c1. The average Bonchev–Trinajstić information content (AvgIpc) is 2.69. The van der Waals surface area contributed by atoms with Gasteiger partial charge in [-0.15, -0.1) is 0 Å². The molecule has 4 nitrogen and oxygen atoms in total. The van der Waals surface area contributed by atoms with E-state index in [1.165, 1.54) is 0 Å². The Morgan fingerprint density at radius 3 is 1.69 bits per heavy atom. The zero-order valence-electron chi connectivity index (χ0n) is 14.8. The van der Waals surface area contributed by atoms with Gasteiger partial charge in [0.15, 0.2) is 0 Å². The Bertz CT molecular complexity index is 1020. The molecule has 0 aromatic heterocycles. The summed E-state index contributed by atoms with van der Waals surface area (Å²) in [6, 6.07) is 18.8. The van der Waals surface area contributed by atoms with Gasteiger partial charge in [0, 0.05) is 20.1 Å². The van der Waals surface area contributed by atoms with Crippen LogP contribution in [0, 0.1) is 0 Å². The first-order valence-corrected chi connectivity index (χ1v) is 10.8. The molecule has 0 aliphatic carbocycles. The molecule has 0 saturated carbocycles. The largest absolute Gasteiger partial charge is 0.328 e. The zero-order chi connectivity index (χ0) is 21.0. The number of carbonyl (C=O) groups excluding carboxylic acids is 2. The highest BCUT2D eigenvalue weighted by molar-refractivity contribution is 9.10. The summed E-state index contributed by atoms with van der Waals surface area (Å²) in [6.45, 7) is 0. The van der Waals surface area contributed by atoms with Crippen LogP contribution in [0.4, 0.5) is 0 Å². The minimum atomic E-state index is -0.817. The second-order valence-electron chi connectivity index (χ2n) is 6.07. The molecule has 0 atom stereocenters. The molecule has 148 valence electrons. The predicted molar refractivity (Wildman–Crippen MR) is 122 cm³/mol. The van der Waals surface area contributed by atoms with Gasteiger partial charge in [0.1, 0.15) is 6.17 Å². The molecule has 0 fully saturated rings. The third-order valence-corrected chi connectivity index (χ3v) is 5.73. The van der Waals surface area contributed by atoms with E-state index < -0.39 is 6.17 Å². The van der Waals surface area contributed by atoms with E-state index in [1.807, 2.05) is 12.1 Å². The lowest BCUT2D eigenvalue weighted by Gasteiger charge is -2.21. The molecule has 0 unspecified atom stereocenters. The molecule has 0 aliphatic rings. The quantitative estimate of drug-likeness (QED) is 0.358. The van der Waals surface area contributed by atoms with Crippen LogP contribution >= 0.6 is 55.1 Å². The normalized spacial score (nSPS) is 10.7. The molecule has 0 aliphatic heterocycles. The maximum atomic E-state index is 12.8. The lowest BCUT2D eigenvalue weighted by atomic mass is 10.1. The molecule has 0 saturated heterocycles. The van der Waals surface area contributed by atoms with Gasteiger partial charge in [-0.25, -0.2) is 0 Å². The molecule has 3 aromatic carbocycles. The maximum Gasteiger partial charge on any atom is 0.253 e. The van der Waals surface area contributed by atoms with E-state index in [9.17, 15) is 9.59 Å². The van der Waals surface area contributed by atoms with Crippen molar-refractivity contribution in [3.63, 3.8) is 0 Å². The third kappa shape index (κ3) is 5.82. The molecule has 0 heterocycles. The number of rotatable bonds is 5. The van der Waals surface area contributed by atoms with Gasteiger partial charge in [0.2, 0.25) is 0 Å². The van der Waals surface area contributed by atoms with Crippen molar-refractivity contribution >= 4 is 66.9 Å². The monoisotopic (exact) mass is 554 g/mol. The zero-order valence-corrected chi connectivity index (χ0v) is 19.4. The van der Waals surface area contributed by atoms with Crippen LogP contribution < -0.4 is 10.6 Å². The van der Waals surface area contributed by atoms with E-state index in [1.54, 1.807) is 54.6 Å². The summed E-state index contributed by atoms with van der Waals surface area (Å²) >= 11 is 18.8. The first-order chi connectivity index (χ1) is 13.8. The third-order valence-electron chi connectivity index (χ3n) is 4.00. The summed E-state index contributed by atoms with van der Waals surface area (Å²) in [5.74, 6) is -0.700. The number of hydrogen-bond acceptors (Lipinski definition) is 2. The van der Waals surface area contributed by atoms with Gasteiger partial charge in [-0.05, 0) is 54.1 Å². The molecule has 2 N–H and O–H groups in total. The lowest BCUT2D eigenvalue weighted by Crippen LogP contribution is -2.41. The Morgan fingerprint density at radius 2 is 1.24 bits per heavy atom. The fourth-order valence-electron chi connectivity index (χ4n) is 2.58. The van der Waals surface area contributed by atoms with Gasteiger partial charge in [-0.3, -0.25) is 9.59 Å². The van der Waals surface area contributed by atoms with Crippen LogP contribution in [0.3, 0.4) is 0 Å². The molecular formula is C21H14Br2Cl2N2O2. The van der Waals surface area contributed by atoms with Gasteiger partial charge in [-0.1, -0.05) is 73.3 Å². The Morgan fingerprint density at radius 1 is 0.724 bits per heavy atom. The topological polar surface area (TPSA) is 58.2 Å². The minimum Gasteiger partial charge on any atom is -0.328 e. The molecule has 3 aromatic rings. The van der Waals surface area contributed by atoms with E-state index in [0.717, 1.165) is 8.95 Å². The molecule has 2 amide bonds. The second kappa shape index (κ2) is 9.76. The summed E-state index contributed by atoms with van der Waals surface area (Å²) in [5, 5.41) is 6.37. The smallest absolute Gasteiger partial charge is 0.253 e. The van der Waals surface area contributed by atoms with E-state index in [4.69, 9.17) is 23.2 Å². The van der Waals surface area contributed by atoms with Crippen LogP contribution in [0.1, 0.15) is 32.4 Å². The number of halogens is 4. The standard InChI is InChI=1S/C21H14Br2Cl2N2O2/c22-15-5-1-3-13(9-15)20(28)26-19(12-7-8-17(24)18(25)11-12)27-21(29)14-4-2-6-16(23)10-14/h1-11,19H,(H,26,28)(H,27,29). The summed E-state index contributed by atoms with van der Waals surface area (Å²) in [6.07, 6.45) is -0.817. The molecule has 3 rings (SSSR count). The van der Waals surface area contributed by atoms with Crippen LogP contribution in [0.15, 0.2) is 75.7 Å². The van der Waals surface area contributed by atoms with Crippen LogP contribution in [0.5, 0.6) is 0 Å². The number of amides is 2. The van der Waals surface area contributed by atoms with Gasteiger partial charge >= 0.3 is 0 Å². The molecule has 8 heteroatoms. The van der Waals surface area contributed by atoms with E-state index in [0.29, 0.717) is 26.7 Å². The number of hydrogen-bond donors (Lipinski definition) is 2. The van der Waals surface area contributed by atoms with E-state index in [-0.39, 0.29) is 11.8 Å². The Kier molecular flexibility index (Phi) is 7.35. The first kappa shape index (κ1) is 21.8. The van der Waals surface area contributed by atoms with Gasteiger partial charge < -0.3 is 10.6 Å². The van der Waals surface area contributed by atoms with Gasteiger partial charge in [0.05, 0.1) is 10.0 Å². The lowest BCUT2D eigenvalue weighted by molar-refractivity contribution is 0.0883. The van der Waals surface area contributed by atoms with Crippen LogP contribution in [0.2, 0.25) is 10.0 Å². The highest BCUT2D eigenvalue weighted by atomic mass is 79.9.